The standard InChI is InChI=1S/C19H35NO4P/c1-20(2,3)15-17-24-25(22)23-16-9-14-19(21)13-8-7-12-18-10-5-4-6-11-18/h4-6,10-11,19,21-22H,7-9,12-17H2,1-3H3/q+1. The largest absolute Gasteiger partial charge is 0.393 e. The molecule has 0 heterocycles. The number of unbranched alkanes of at least 4 members (excludes halogenated alkanes) is 1. The van der Waals surface area contributed by atoms with Crippen molar-refractivity contribution in [1.82, 2.24) is 0 Å². The second-order valence-electron chi connectivity index (χ2n) is 7.45. The first-order valence-corrected chi connectivity index (χ1v) is 10.3. The SMILES string of the molecule is C[N+](C)(C)CCOP(O)OCCCC(O)CCCCc1ccccc1. The molecule has 0 aliphatic carbocycles. The smallest absolute Gasteiger partial charge is 0.330 e. The summed E-state index contributed by atoms with van der Waals surface area (Å²) in [5, 5.41) is 10.00. The minimum Gasteiger partial charge on any atom is -0.393 e. The van der Waals surface area contributed by atoms with E-state index in [4.69, 9.17) is 9.05 Å². The summed E-state index contributed by atoms with van der Waals surface area (Å²) in [7, 11) is 4.43. The lowest BCUT2D eigenvalue weighted by Gasteiger charge is -2.23. The summed E-state index contributed by atoms with van der Waals surface area (Å²) >= 11 is 0. The first-order chi connectivity index (χ1) is 11.9. The summed E-state index contributed by atoms with van der Waals surface area (Å²) in [6, 6.07) is 10.4. The number of quaternary nitrogens is 1. The van der Waals surface area contributed by atoms with Gasteiger partial charge < -0.3 is 23.5 Å². The first kappa shape index (κ1) is 22.5. The van der Waals surface area contributed by atoms with Gasteiger partial charge >= 0.3 is 8.60 Å². The molecule has 0 fully saturated rings. The number of aryl methyl sites for hydroxylation is 1. The zero-order valence-electron chi connectivity index (χ0n) is 15.9. The van der Waals surface area contributed by atoms with E-state index in [1.54, 1.807) is 0 Å². The second-order valence-corrected chi connectivity index (χ2v) is 8.44. The third kappa shape index (κ3) is 13.3. The summed E-state index contributed by atoms with van der Waals surface area (Å²) in [5.41, 5.74) is 1.35. The highest BCUT2D eigenvalue weighted by Gasteiger charge is 2.12. The predicted molar refractivity (Wildman–Crippen MR) is 103 cm³/mol. The van der Waals surface area contributed by atoms with Crippen LogP contribution in [0.5, 0.6) is 0 Å². The van der Waals surface area contributed by atoms with E-state index in [0.29, 0.717) is 19.6 Å². The lowest BCUT2D eigenvalue weighted by atomic mass is 10.0. The molecular weight excluding hydrogens is 337 g/mol. The number of aliphatic hydroxyl groups is 1. The van der Waals surface area contributed by atoms with Crippen molar-refractivity contribution < 1.29 is 23.5 Å². The molecule has 2 atom stereocenters. The van der Waals surface area contributed by atoms with Gasteiger partial charge in [0.05, 0.1) is 33.9 Å². The van der Waals surface area contributed by atoms with Gasteiger partial charge in [0.1, 0.15) is 13.2 Å². The Labute approximate surface area is 154 Å². The van der Waals surface area contributed by atoms with Crippen LogP contribution in [0.15, 0.2) is 30.3 Å². The third-order valence-corrected chi connectivity index (χ3v) is 4.75. The number of benzene rings is 1. The first-order valence-electron chi connectivity index (χ1n) is 9.14. The van der Waals surface area contributed by atoms with Gasteiger partial charge in [0, 0.05) is 0 Å². The van der Waals surface area contributed by atoms with Crippen LogP contribution in [-0.2, 0) is 15.5 Å². The van der Waals surface area contributed by atoms with E-state index < -0.39 is 8.60 Å². The summed E-state index contributed by atoms with van der Waals surface area (Å²) in [5.74, 6) is 0. The van der Waals surface area contributed by atoms with Gasteiger partial charge in [-0.2, -0.15) is 0 Å². The maximum atomic E-state index is 10.00. The molecule has 1 rings (SSSR count). The molecule has 0 amide bonds. The van der Waals surface area contributed by atoms with E-state index in [1.165, 1.54) is 5.56 Å². The fourth-order valence-electron chi connectivity index (χ4n) is 2.39. The molecule has 25 heavy (non-hydrogen) atoms. The number of rotatable bonds is 14. The van der Waals surface area contributed by atoms with Crippen molar-refractivity contribution in [3.63, 3.8) is 0 Å². The molecule has 0 radical (unpaired) electrons. The number of hydrogen-bond acceptors (Lipinski definition) is 4. The van der Waals surface area contributed by atoms with Crippen molar-refractivity contribution in [3.8, 4) is 0 Å². The molecule has 0 saturated carbocycles. The fraction of sp³-hybridized carbons (Fsp3) is 0.684. The zero-order valence-corrected chi connectivity index (χ0v) is 16.8. The highest BCUT2D eigenvalue weighted by molar-refractivity contribution is 7.40. The van der Waals surface area contributed by atoms with E-state index in [1.807, 2.05) is 6.07 Å². The van der Waals surface area contributed by atoms with Crippen LogP contribution in [-0.4, -0.2) is 61.5 Å². The van der Waals surface area contributed by atoms with Crippen molar-refractivity contribution in [1.29, 1.82) is 0 Å². The maximum Gasteiger partial charge on any atom is 0.330 e. The van der Waals surface area contributed by atoms with E-state index in [-0.39, 0.29) is 6.10 Å². The highest BCUT2D eigenvalue weighted by Crippen LogP contribution is 2.32. The Morgan fingerprint density at radius 3 is 2.28 bits per heavy atom. The van der Waals surface area contributed by atoms with Gasteiger partial charge in [-0.15, -0.1) is 0 Å². The van der Waals surface area contributed by atoms with Crippen molar-refractivity contribution in [3.05, 3.63) is 35.9 Å². The van der Waals surface area contributed by atoms with Crippen LogP contribution >= 0.6 is 8.60 Å². The summed E-state index contributed by atoms with van der Waals surface area (Å²) in [6.07, 6.45) is 5.16. The molecule has 1 aromatic carbocycles. The average Bonchev–Trinajstić information content (AvgIpc) is 2.55. The number of nitrogens with zero attached hydrogens (tertiary/aromatic N) is 1. The molecule has 144 valence electrons. The van der Waals surface area contributed by atoms with Crippen LogP contribution in [0.1, 0.15) is 37.7 Å². The van der Waals surface area contributed by atoms with Crippen LogP contribution < -0.4 is 0 Å². The van der Waals surface area contributed by atoms with Gasteiger partial charge in [-0.25, -0.2) is 0 Å². The van der Waals surface area contributed by atoms with Crippen molar-refractivity contribution in [2.75, 3.05) is 40.9 Å². The molecule has 0 aliphatic rings. The number of aliphatic hydroxyl groups excluding tert-OH is 1. The van der Waals surface area contributed by atoms with Crippen LogP contribution in [0, 0.1) is 0 Å². The number of hydrogen-bond donors (Lipinski definition) is 2. The normalized spacial score (nSPS) is 14.4. The molecule has 6 heteroatoms. The molecule has 0 aromatic heterocycles. The fourth-order valence-corrected chi connectivity index (χ4v) is 2.99. The molecule has 0 saturated heterocycles. The van der Waals surface area contributed by atoms with Gasteiger partial charge in [-0.1, -0.05) is 36.8 Å². The third-order valence-electron chi connectivity index (χ3n) is 3.94. The molecule has 5 nitrogen and oxygen atoms in total. The minimum absolute atomic E-state index is 0.289. The van der Waals surface area contributed by atoms with Crippen LogP contribution in [0.25, 0.3) is 0 Å². The zero-order chi connectivity index (χ0) is 18.5. The molecular formula is C19H35NO4P+. The van der Waals surface area contributed by atoms with Crippen molar-refractivity contribution >= 4 is 8.60 Å². The Morgan fingerprint density at radius 2 is 1.60 bits per heavy atom. The van der Waals surface area contributed by atoms with Crippen LogP contribution in [0.4, 0.5) is 0 Å². The molecule has 2 unspecified atom stereocenters. The van der Waals surface area contributed by atoms with E-state index in [9.17, 15) is 10.00 Å². The monoisotopic (exact) mass is 372 g/mol. The van der Waals surface area contributed by atoms with Crippen molar-refractivity contribution in [2.24, 2.45) is 0 Å². The molecule has 2 N–H and O–H groups in total. The minimum atomic E-state index is -1.80. The number of likely N-dealkylation sites (N-methyl/N-ethyl adjacent to an activating group) is 1. The van der Waals surface area contributed by atoms with Gasteiger partial charge in [0.2, 0.25) is 0 Å². The summed E-state index contributed by atoms with van der Waals surface area (Å²) in [4.78, 5) is 9.64. The molecule has 0 spiro atoms. The second kappa shape index (κ2) is 12.7. The van der Waals surface area contributed by atoms with E-state index >= 15 is 0 Å². The summed E-state index contributed by atoms with van der Waals surface area (Å²) < 4.78 is 11.3. The Morgan fingerprint density at radius 1 is 0.960 bits per heavy atom. The lowest BCUT2D eigenvalue weighted by molar-refractivity contribution is -0.870. The molecule has 1 aromatic rings. The van der Waals surface area contributed by atoms with Crippen molar-refractivity contribution in [2.45, 2.75) is 44.6 Å². The van der Waals surface area contributed by atoms with Gasteiger partial charge in [-0.3, -0.25) is 0 Å². The Kier molecular flexibility index (Phi) is 11.5. The molecule has 0 aliphatic heterocycles. The maximum absolute atomic E-state index is 10.00. The average molecular weight is 372 g/mol. The van der Waals surface area contributed by atoms with E-state index in [0.717, 1.165) is 43.1 Å². The van der Waals surface area contributed by atoms with Gasteiger partial charge in [0.25, 0.3) is 0 Å². The topological polar surface area (TPSA) is 58.9 Å². The van der Waals surface area contributed by atoms with Gasteiger partial charge in [-0.05, 0) is 37.7 Å². The van der Waals surface area contributed by atoms with Gasteiger partial charge in [0.15, 0.2) is 0 Å². The molecule has 0 bridgehead atoms. The summed E-state index contributed by atoms with van der Waals surface area (Å²) in [6.45, 7) is 1.73. The lowest BCUT2D eigenvalue weighted by Crippen LogP contribution is -2.37. The quantitative estimate of drug-likeness (QED) is 0.298. The Bertz CT molecular complexity index is 439. The van der Waals surface area contributed by atoms with Crippen LogP contribution in [0.2, 0.25) is 0 Å². The highest BCUT2D eigenvalue weighted by atomic mass is 31.2. The Hall–Kier alpha value is -0.550. The predicted octanol–water partition coefficient (Wildman–Crippen LogP) is 3.50. The van der Waals surface area contributed by atoms with E-state index in [2.05, 4.69) is 45.4 Å². The van der Waals surface area contributed by atoms with Crippen LogP contribution in [0.3, 0.4) is 0 Å². The Balaban J connectivity index is 1.95.